The predicted octanol–water partition coefficient (Wildman–Crippen LogP) is 1.56. The fraction of sp³-hybridized carbons (Fsp3) is 0.556. The van der Waals surface area contributed by atoms with Crippen molar-refractivity contribution in [1.82, 2.24) is 9.80 Å². The fourth-order valence-corrected chi connectivity index (χ4v) is 3.08. The molecular formula is C18H27N3O3. The van der Waals surface area contributed by atoms with Gasteiger partial charge in [-0.15, -0.1) is 0 Å². The van der Waals surface area contributed by atoms with Crippen molar-refractivity contribution in [3.63, 3.8) is 0 Å². The number of amides is 2. The summed E-state index contributed by atoms with van der Waals surface area (Å²) in [6, 6.07) is 7.21. The minimum atomic E-state index is -0.0634. The highest BCUT2D eigenvalue weighted by atomic mass is 16.3. The van der Waals surface area contributed by atoms with Crippen LogP contribution in [0.5, 0.6) is 0 Å². The Kier molecular flexibility index (Phi) is 6.75. The molecule has 132 valence electrons. The van der Waals surface area contributed by atoms with Crippen LogP contribution >= 0.6 is 0 Å². The molecule has 1 aliphatic rings. The highest BCUT2D eigenvalue weighted by molar-refractivity contribution is 5.96. The molecular weight excluding hydrogens is 306 g/mol. The lowest BCUT2D eigenvalue weighted by molar-refractivity contribution is -0.118. The summed E-state index contributed by atoms with van der Waals surface area (Å²) in [5.74, 6) is -0.125. The molecule has 2 amide bonds. The van der Waals surface area contributed by atoms with E-state index in [-0.39, 0.29) is 24.5 Å². The van der Waals surface area contributed by atoms with Crippen molar-refractivity contribution in [2.24, 2.45) is 0 Å². The van der Waals surface area contributed by atoms with Crippen LogP contribution in [0.4, 0.5) is 5.69 Å². The molecule has 0 aliphatic carbocycles. The molecule has 1 unspecified atom stereocenters. The average molecular weight is 333 g/mol. The Morgan fingerprint density at radius 1 is 1.25 bits per heavy atom. The minimum Gasteiger partial charge on any atom is -0.396 e. The molecule has 1 aromatic carbocycles. The number of carbonyl (C=O) groups is 2. The number of aliphatic hydroxyl groups is 1. The molecule has 1 heterocycles. The van der Waals surface area contributed by atoms with Gasteiger partial charge >= 0.3 is 0 Å². The van der Waals surface area contributed by atoms with E-state index in [2.05, 4.69) is 10.2 Å². The van der Waals surface area contributed by atoms with Crippen LogP contribution in [0.1, 0.15) is 36.0 Å². The first-order chi connectivity index (χ1) is 11.5. The van der Waals surface area contributed by atoms with Gasteiger partial charge in [-0.25, -0.2) is 0 Å². The van der Waals surface area contributed by atoms with Crippen molar-refractivity contribution in [3.05, 3.63) is 29.8 Å². The lowest BCUT2D eigenvalue weighted by atomic mass is 9.99. The Balaban J connectivity index is 1.90. The molecule has 0 saturated carbocycles. The summed E-state index contributed by atoms with van der Waals surface area (Å²) in [7, 11) is 3.42. The number of likely N-dealkylation sites (tertiary alicyclic amines) is 1. The van der Waals surface area contributed by atoms with Crippen LogP contribution in [0.3, 0.4) is 0 Å². The van der Waals surface area contributed by atoms with E-state index < -0.39 is 0 Å². The molecule has 0 bridgehead atoms. The summed E-state index contributed by atoms with van der Waals surface area (Å²) in [5, 5.41) is 12.0. The number of carbonyl (C=O) groups excluding carboxylic acids is 2. The van der Waals surface area contributed by atoms with E-state index in [4.69, 9.17) is 5.11 Å². The molecule has 0 aromatic heterocycles. The third-order valence-electron chi connectivity index (χ3n) is 4.38. The topological polar surface area (TPSA) is 72.9 Å². The number of hydrogen-bond acceptors (Lipinski definition) is 4. The van der Waals surface area contributed by atoms with Crippen LogP contribution in [0.2, 0.25) is 0 Å². The van der Waals surface area contributed by atoms with E-state index in [1.165, 1.54) is 4.90 Å². The van der Waals surface area contributed by atoms with Gasteiger partial charge in [0.05, 0.1) is 6.54 Å². The van der Waals surface area contributed by atoms with Gasteiger partial charge < -0.3 is 15.3 Å². The summed E-state index contributed by atoms with van der Waals surface area (Å²) in [5.41, 5.74) is 1.28. The summed E-state index contributed by atoms with van der Waals surface area (Å²) in [4.78, 5) is 27.8. The summed E-state index contributed by atoms with van der Waals surface area (Å²) >= 11 is 0. The normalized spacial score (nSPS) is 18.2. The highest BCUT2D eigenvalue weighted by Crippen LogP contribution is 2.19. The molecule has 2 rings (SSSR count). The third kappa shape index (κ3) is 5.04. The molecule has 0 spiro atoms. The molecule has 0 radical (unpaired) electrons. The lowest BCUT2D eigenvalue weighted by Gasteiger charge is -2.34. The van der Waals surface area contributed by atoms with Crippen molar-refractivity contribution >= 4 is 17.5 Å². The Hall–Kier alpha value is -1.92. The van der Waals surface area contributed by atoms with Crippen molar-refractivity contribution in [3.8, 4) is 0 Å². The molecule has 1 aliphatic heterocycles. The maximum atomic E-state index is 12.3. The molecule has 1 atom stereocenters. The van der Waals surface area contributed by atoms with E-state index in [9.17, 15) is 9.59 Å². The smallest absolute Gasteiger partial charge is 0.253 e. The molecule has 24 heavy (non-hydrogen) atoms. The number of piperidine rings is 1. The molecule has 6 heteroatoms. The zero-order valence-electron chi connectivity index (χ0n) is 14.5. The summed E-state index contributed by atoms with van der Waals surface area (Å²) < 4.78 is 0. The maximum Gasteiger partial charge on any atom is 0.253 e. The number of nitrogens with one attached hydrogen (secondary N) is 1. The van der Waals surface area contributed by atoms with Gasteiger partial charge in [-0.1, -0.05) is 6.42 Å². The van der Waals surface area contributed by atoms with E-state index in [1.807, 2.05) is 0 Å². The zero-order chi connectivity index (χ0) is 17.5. The SMILES string of the molecule is CN(C)C(=O)c1ccc(NC(=O)CN2CCCCC2CCO)cc1. The Bertz CT molecular complexity index is 555. The molecule has 1 aromatic rings. The second-order valence-electron chi connectivity index (χ2n) is 6.46. The average Bonchev–Trinajstić information content (AvgIpc) is 2.57. The number of hydrogen-bond donors (Lipinski definition) is 2. The van der Waals surface area contributed by atoms with E-state index in [1.54, 1.807) is 38.4 Å². The Morgan fingerprint density at radius 3 is 2.58 bits per heavy atom. The second kappa shape index (κ2) is 8.80. The van der Waals surface area contributed by atoms with E-state index in [0.29, 0.717) is 24.2 Å². The number of anilines is 1. The molecule has 2 N–H and O–H groups in total. The van der Waals surface area contributed by atoms with Gasteiger partial charge in [-0.3, -0.25) is 14.5 Å². The number of rotatable bonds is 6. The van der Waals surface area contributed by atoms with Crippen molar-refractivity contribution in [2.45, 2.75) is 31.7 Å². The Morgan fingerprint density at radius 2 is 1.96 bits per heavy atom. The quantitative estimate of drug-likeness (QED) is 0.829. The summed E-state index contributed by atoms with van der Waals surface area (Å²) in [6.45, 7) is 1.39. The van der Waals surface area contributed by atoms with Crippen molar-refractivity contribution < 1.29 is 14.7 Å². The van der Waals surface area contributed by atoms with E-state index >= 15 is 0 Å². The highest BCUT2D eigenvalue weighted by Gasteiger charge is 2.23. The zero-order valence-corrected chi connectivity index (χ0v) is 14.5. The molecule has 1 saturated heterocycles. The van der Waals surface area contributed by atoms with Gasteiger partial charge in [0.15, 0.2) is 0 Å². The van der Waals surface area contributed by atoms with Gasteiger partial charge in [0.1, 0.15) is 0 Å². The van der Waals surface area contributed by atoms with Crippen molar-refractivity contribution in [1.29, 1.82) is 0 Å². The lowest BCUT2D eigenvalue weighted by Crippen LogP contribution is -2.44. The predicted molar refractivity (Wildman–Crippen MR) is 94.0 cm³/mol. The largest absolute Gasteiger partial charge is 0.396 e. The van der Waals surface area contributed by atoms with Crippen LogP contribution in [0.15, 0.2) is 24.3 Å². The van der Waals surface area contributed by atoms with Gasteiger partial charge in [0, 0.05) is 38.0 Å². The van der Waals surface area contributed by atoms with Gasteiger partial charge in [-0.05, 0) is 50.1 Å². The standard InChI is InChI=1S/C18H27N3O3/c1-20(2)18(24)14-6-8-15(9-7-14)19-17(23)13-21-11-4-3-5-16(21)10-12-22/h6-9,16,22H,3-5,10-13H2,1-2H3,(H,19,23). The maximum absolute atomic E-state index is 12.3. The van der Waals surface area contributed by atoms with Crippen LogP contribution in [-0.4, -0.2) is 66.6 Å². The van der Waals surface area contributed by atoms with Crippen LogP contribution in [0, 0.1) is 0 Å². The third-order valence-corrected chi connectivity index (χ3v) is 4.38. The van der Waals surface area contributed by atoms with Crippen molar-refractivity contribution in [2.75, 3.05) is 39.1 Å². The number of nitrogens with zero attached hydrogens (tertiary/aromatic N) is 2. The van der Waals surface area contributed by atoms with Crippen LogP contribution in [0.25, 0.3) is 0 Å². The van der Waals surface area contributed by atoms with E-state index in [0.717, 1.165) is 25.8 Å². The van der Waals surface area contributed by atoms with Crippen LogP contribution < -0.4 is 5.32 Å². The minimum absolute atomic E-state index is 0.0620. The summed E-state index contributed by atoms with van der Waals surface area (Å²) in [6.07, 6.45) is 4.00. The van der Waals surface area contributed by atoms with Gasteiger partial charge in [0.2, 0.25) is 5.91 Å². The first kappa shape index (κ1) is 18.4. The van der Waals surface area contributed by atoms with Gasteiger partial charge in [0.25, 0.3) is 5.91 Å². The number of benzene rings is 1. The second-order valence-corrected chi connectivity index (χ2v) is 6.46. The van der Waals surface area contributed by atoms with Gasteiger partial charge in [-0.2, -0.15) is 0 Å². The van der Waals surface area contributed by atoms with Crippen LogP contribution in [-0.2, 0) is 4.79 Å². The first-order valence-electron chi connectivity index (χ1n) is 8.47. The first-order valence-corrected chi connectivity index (χ1v) is 8.47. The fourth-order valence-electron chi connectivity index (χ4n) is 3.08. The molecule has 1 fully saturated rings. The Labute approximate surface area is 143 Å². The monoisotopic (exact) mass is 333 g/mol. The molecule has 6 nitrogen and oxygen atoms in total. The number of aliphatic hydroxyl groups excluding tert-OH is 1.